The quantitative estimate of drug-likeness (QED) is 0.872. The summed E-state index contributed by atoms with van der Waals surface area (Å²) < 4.78 is 0. The van der Waals surface area contributed by atoms with Crippen molar-refractivity contribution in [1.82, 2.24) is 15.1 Å². The van der Waals surface area contributed by atoms with Crippen LogP contribution in [0.3, 0.4) is 0 Å². The van der Waals surface area contributed by atoms with Gasteiger partial charge >= 0.3 is 0 Å². The Morgan fingerprint density at radius 1 is 1.27 bits per heavy atom. The molecule has 0 aliphatic carbocycles. The van der Waals surface area contributed by atoms with Crippen LogP contribution in [-0.4, -0.2) is 60.7 Å². The van der Waals surface area contributed by atoms with Crippen LogP contribution in [0.5, 0.6) is 0 Å². The Balaban J connectivity index is 2.08. The van der Waals surface area contributed by atoms with E-state index in [0.29, 0.717) is 32.6 Å². The minimum Gasteiger partial charge on any atom is -0.359 e. The molecule has 0 spiro atoms. The number of nitrogens with zero attached hydrogens (tertiary/aromatic N) is 2. The Labute approximate surface area is 134 Å². The van der Waals surface area contributed by atoms with Crippen molar-refractivity contribution in [2.75, 3.05) is 33.2 Å². The summed E-state index contributed by atoms with van der Waals surface area (Å²) in [5, 5.41) is 6.51. The van der Waals surface area contributed by atoms with Crippen LogP contribution in [0.1, 0.15) is 12.5 Å². The monoisotopic (exact) mass is 323 g/mol. The lowest BCUT2D eigenvalue weighted by molar-refractivity contribution is -0.132. The van der Waals surface area contributed by atoms with Crippen LogP contribution in [0.4, 0.5) is 0 Å². The van der Waals surface area contributed by atoms with Crippen molar-refractivity contribution in [3.05, 3.63) is 22.4 Å². The first-order valence-electron chi connectivity index (χ1n) is 7.27. The molecule has 6 nitrogen and oxygen atoms in total. The van der Waals surface area contributed by atoms with Gasteiger partial charge in [0.1, 0.15) is 0 Å². The molecule has 1 atom stereocenters. The number of hydrogen-bond acceptors (Lipinski definition) is 4. The van der Waals surface area contributed by atoms with Crippen LogP contribution >= 0.6 is 11.3 Å². The second-order valence-electron chi connectivity index (χ2n) is 5.42. The van der Waals surface area contributed by atoms with E-state index in [-0.39, 0.29) is 23.6 Å². The lowest BCUT2D eigenvalue weighted by atomic mass is 10.1. The van der Waals surface area contributed by atoms with Gasteiger partial charge in [-0.1, -0.05) is 0 Å². The van der Waals surface area contributed by atoms with Crippen molar-refractivity contribution in [2.24, 2.45) is 5.92 Å². The van der Waals surface area contributed by atoms with E-state index in [9.17, 15) is 14.4 Å². The molecule has 1 aliphatic heterocycles. The lowest BCUT2D eigenvalue weighted by Crippen LogP contribution is -2.42. The first-order chi connectivity index (χ1) is 10.5. The summed E-state index contributed by atoms with van der Waals surface area (Å²) in [5.74, 6) is -0.594. The van der Waals surface area contributed by atoms with Crippen molar-refractivity contribution in [2.45, 2.75) is 13.3 Å². The van der Waals surface area contributed by atoms with Crippen molar-refractivity contribution < 1.29 is 14.4 Å². The molecule has 0 aromatic carbocycles. The van der Waals surface area contributed by atoms with E-state index in [1.807, 2.05) is 16.8 Å². The zero-order valence-electron chi connectivity index (χ0n) is 12.9. The molecule has 1 N–H and O–H groups in total. The second kappa shape index (κ2) is 7.40. The number of thiophene rings is 1. The van der Waals surface area contributed by atoms with Gasteiger partial charge in [-0.25, -0.2) is 0 Å². The van der Waals surface area contributed by atoms with E-state index < -0.39 is 0 Å². The molecular weight excluding hydrogens is 302 g/mol. The van der Waals surface area contributed by atoms with E-state index >= 15 is 0 Å². The topological polar surface area (TPSA) is 69.7 Å². The van der Waals surface area contributed by atoms with Gasteiger partial charge < -0.3 is 15.1 Å². The van der Waals surface area contributed by atoms with Gasteiger partial charge in [0.25, 0.3) is 0 Å². The fraction of sp³-hybridized carbons (Fsp3) is 0.533. The number of hydrogen-bond donors (Lipinski definition) is 1. The number of carbonyl (C=O) groups is 3. The third kappa shape index (κ3) is 4.07. The molecule has 1 saturated heterocycles. The van der Waals surface area contributed by atoms with Crippen LogP contribution < -0.4 is 5.32 Å². The summed E-state index contributed by atoms with van der Waals surface area (Å²) in [5.41, 5.74) is 0.985. The van der Waals surface area contributed by atoms with E-state index in [2.05, 4.69) is 5.32 Å². The zero-order chi connectivity index (χ0) is 16.1. The fourth-order valence-electron chi connectivity index (χ4n) is 2.58. The highest BCUT2D eigenvalue weighted by Gasteiger charge is 2.30. The van der Waals surface area contributed by atoms with E-state index in [1.54, 1.807) is 28.2 Å². The third-order valence-corrected chi connectivity index (χ3v) is 4.60. The number of nitrogens with one attached hydrogen (secondary N) is 1. The van der Waals surface area contributed by atoms with Gasteiger partial charge in [0.15, 0.2) is 0 Å². The molecule has 3 amide bonds. The highest BCUT2D eigenvalue weighted by atomic mass is 32.1. The van der Waals surface area contributed by atoms with Crippen LogP contribution in [-0.2, 0) is 20.8 Å². The Kier molecular flexibility index (Phi) is 5.54. The maximum Gasteiger partial charge on any atom is 0.227 e. The summed E-state index contributed by atoms with van der Waals surface area (Å²) in [6, 6.07) is 1.93. The summed E-state index contributed by atoms with van der Waals surface area (Å²) in [7, 11) is 1.57. The Hall–Kier alpha value is -1.89. The second-order valence-corrected chi connectivity index (χ2v) is 6.20. The molecule has 0 saturated carbocycles. The molecule has 22 heavy (non-hydrogen) atoms. The number of rotatable bonds is 3. The molecule has 0 radical (unpaired) electrons. The van der Waals surface area contributed by atoms with Crippen LogP contribution in [0.2, 0.25) is 0 Å². The molecule has 2 rings (SSSR count). The molecule has 2 heterocycles. The first-order valence-corrected chi connectivity index (χ1v) is 8.21. The summed E-state index contributed by atoms with van der Waals surface area (Å²) in [6.45, 7) is 3.14. The normalized spacial score (nSPS) is 18.7. The van der Waals surface area contributed by atoms with Gasteiger partial charge in [-0.2, -0.15) is 11.3 Å². The van der Waals surface area contributed by atoms with Crippen LogP contribution in [0.25, 0.3) is 0 Å². The van der Waals surface area contributed by atoms with Gasteiger partial charge in [0.2, 0.25) is 17.7 Å². The third-order valence-electron chi connectivity index (χ3n) is 3.87. The maximum absolute atomic E-state index is 12.4. The largest absolute Gasteiger partial charge is 0.359 e. The van der Waals surface area contributed by atoms with Crippen molar-refractivity contribution in [3.63, 3.8) is 0 Å². The molecule has 1 aromatic rings. The fourth-order valence-corrected chi connectivity index (χ4v) is 3.24. The average Bonchev–Trinajstić information content (AvgIpc) is 2.88. The van der Waals surface area contributed by atoms with E-state index in [0.717, 1.165) is 5.56 Å². The number of carbonyl (C=O) groups excluding carboxylic acids is 3. The predicted octanol–water partition coefficient (Wildman–Crippen LogP) is 0.344. The predicted molar refractivity (Wildman–Crippen MR) is 84.4 cm³/mol. The molecule has 7 heteroatoms. The van der Waals surface area contributed by atoms with Gasteiger partial charge in [-0.15, -0.1) is 0 Å². The summed E-state index contributed by atoms with van der Waals surface area (Å²) in [4.78, 5) is 39.4. The van der Waals surface area contributed by atoms with Gasteiger partial charge in [0.05, 0.1) is 12.3 Å². The minimum absolute atomic E-state index is 0.00212. The standard InChI is InChI=1S/C15H21N3O3S/c1-11(19)17-4-5-18(9-13(8-17)15(21)16-2)14(20)7-12-3-6-22-10-12/h3,6,10,13H,4-5,7-9H2,1-2H3,(H,16,21). The molecular formula is C15H21N3O3S. The highest BCUT2D eigenvalue weighted by molar-refractivity contribution is 7.08. The maximum atomic E-state index is 12.4. The summed E-state index contributed by atoms with van der Waals surface area (Å²) in [6.07, 6.45) is 0.337. The van der Waals surface area contributed by atoms with Gasteiger partial charge in [0, 0.05) is 40.2 Å². The highest BCUT2D eigenvalue weighted by Crippen LogP contribution is 2.14. The van der Waals surface area contributed by atoms with E-state index in [4.69, 9.17) is 0 Å². The minimum atomic E-state index is -0.386. The molecule has 120 valence electrons. The SMILES string of the molecule is CNC(=O)C1CN(C(C)=O)CCN(C(=O)Cc2ccsc2)C1. The first kappa shape index (κ1) is 16.5. The Morgan fingerprint density at radius 2 is 1.95 bits per heavy atom. The smallest absolute Gasteiger partial charge is 0.227 e. The molecule has 0 bridgehead atoms. The lowest BCUT2D eigenvalue weighted by Gasteiger charge is -2.23. The average molecular weight is 323 g/mol. The van der Waals surface area contributed by atoms with E-state index in [1.165, 1.54) is 6.92 Å². The van der Waals surface area contributed by atoms with Crippen molar-refractivity contribution in [1.29, 1.82) is 0 Å². The summed E-state index contributed by atoms with van der Waals surface area (Å²) >= 11 is 1.56. The van der Waals surface area contributed by atoms with Crippen molar-refractivity contribution >= 4 is 29.1 Å². The van der Waals surface area contributed by atoms with Gasteiger partial charge in [-0.05, 0) is 22.4 Å². The molecule has 1 fully saturated rings. The van der Waals surface area contributed by atoms with Crippen LogP contribution in [0, 0.1) is 5.92 Å². The number of amides is 3. The Morgan fingerprint density at radius 3 is 2.55 bits per heavy atom. The van der Waals surface area contributed by atoms with Gasteiger partial charge in [-0.3, -0.25) is 14.4 Å². The molecule has 1 aromatic heterocycles. The Bertz CT molecular complexity index is 544. The zero-order valence-corrected chi connectivity index (χ0v) is 13.7. The van der Waals surface area contributed by atoms with Crippen LogP contribution in [0.15, 0.2) is 16.8 Å². The molecule has 1 unspecified atom stereocenters. The molecule has 1 aliphatic rings. The van der Waals surface area contributed by atoms with Crippen molar-refractivity contribution in [3.8, 4) is 0 Å².